The number of piperidine rings is 1. The summed E-state index contributed by atoms with van der Waals surface area (Å²) < 4.78 is 31.7. The van der Waals surface area contributed by atoms with Gasteiger partial charge < -0.3 is 15.3 Å². The fraction of sp³-hybridized carbons (Fsp3) is 0.375. The molecule has 2 N–H and O–H groups in total. The van der Waals surface area contributed by atoms with Gasteiger partial charge in [0, 0.05) is 41.8 Å². The number of halogens is 4. The molecule has 0 amide bonds. The van der Waals surface area contributed by atoms with Crippen LogP contribution in [0.25, 0.3) is 11.0 Å². The van der Waals surface area contributed by atoms with Gasteiger partial charge in [0.1, 0.15) is 5.52 Å². The zero-order valence-corrected chi connectivity index (χ0v) is 19.8. The van der Waals surface area contributed by atoms with Crippen molar-refractivity contribution < 1.29 is 27.9 Å². The van der Waals surface area contributed by atoms with E-state index in [0.717, 1.165) is 54.2 Å². The number of hydrogen-bond acceptors (Lipinski definition) is 7. The van der Waals surface area contributed by atoms with Crippen LogP contribution in [0.15, 0.2) is 42.7 Å². The number of aromatic nitrogens is 3. The Kier molecular flexibility index (Phi) is 7.58. The van der Waals surface area contributed by atoms with E-state index in [4.69, 9.17) is 31.5 Å². The molecule has 3 heterocycles. The predicted molar refractivity (Wildman–Crippen MR) is 128 cm³/mol. The van der Waals surface area contributed by atoms with Crippen LogP contribution in [0, 0.1) is 5.92 Å². The van der Waals surface area contributed by atoms with Crippen LogP contribution in [0.4, 0.5) is 24.8 Å². The Bertz CT molecular complexity index is 1240. The first kappa shape index (κ1) is 25.6. The maximum absolute atomic E-state index is 12.8. The van der Waals surface area contributed by atoms with Gasteiger partial charge in [-0.25, -0.2) is 14.8 Å². The van der Waals surface area contributed by atoms with Crippen molar-refractivity contribution in [1.29, 1.82) is 0 Å². The molecule has 0 spiro atoms. The van der Waals surface area contributed by atoms with E-state index in [-0.39, 0.29) is 11.7 Å². The van der Waals surface area contributed by atoms with Gasteiger partial charge in [0.25, 0.3) is 0 Å². The summed E-state index contributed by atoms with van der Waals surface area (Å²) in [6.07, 6.45) is 2.36. The molecule has 8 nitrogen and oxygen atoms in total. The molecule has 1 aromatic carbocycles. The number of Topliss-reactive ketones (excluding diaryl/α,β-unsaturated/α-hetero) is 1. The van der Waals surface area contributed by atoms with E-state index < -0.39 is 12.1 Å². The molecule has 0 radical (unpaired) electrons. The first-order valence-corrected chi connectivity index (χ1v) is 11.7. The van der Waals surface area contributed by atoms with Crippen LogP contribution in [-0.2, 0) is 4.79 Å². The van der Waals surface area contributed by atoms with Gasteiger partial charge in [-0.3, -0.25) is 9.78 Å². The highest BCUT2D eigenvalue weighted by atomic mass is 35.5. The summed E-state index contributed by atoms with van der Waals surface area (Å²) in [5.74, 6) is -0.815. The van der Waals surface area contributed by atoms with Crippen LogP contribution in [0.1, 0.15) is 36.0 Å². The van der Waals surface area contributed by atoms with Crippen molar-refractivity contribution in [2.24, 2.45) is 5.92 Å². The maximum atomic E-state index is 12.8. The minimum absolute atomic E-state index is 0.0300. The van der Waals surface area contributed by atoms with Gasteiger partial charge in [0.15, 0.2) is 17.4 Å². The van der Waals surface area contributed by atoms with Crippen LogP contribution >= 0.6 is 11.6 Å². The second kappa shape index (κ2) is 10.7. The van der Waals surface area contributed by atoms with Gasteiger partial charge >= 0.3 is 12.1 Å². The summed E-state index contributed by atoms with van der Waals surface area (Å²) in [6.45, 7) is 1.56. The van der Waals surface area contributed by atoms with Gasteiger partial charge in [-0.15, -0.1) is 0 Å². The molecule has 1 aliphatic heterocycles. The number of nitrogens with one attached hydrogen (secondary N) is 1. The van der Waals surface area contributed by atoms with Crippen molar-refractivity contribution in [3.05, 3.63) is 53.3 Å². The highest BCUT2D eigenvalue weighted by Crippen LogP contribution is 2.33. The van der Waals surface area contributed by atoms with Gasteiger partial charge in [-0.1, -0.05) is 11.6 Å². The molecule has 3 aromatic rings. The predicted octanol–water partition coefficient (Wildman–Crippen LogP) is 4.99. The molecule has 0 bridgehead atoms. The number of fused-ring (bicyclic) bond motifs is 1. The van der Waals surface area contributed by atoms with Crippen molar-refractivity contribution in [1.82, 2.24) is 15.0 Å². The lowest BCUT2D eigenvalue weighted by molar-refractivity contribution is -0.192. The molecule has 0 unspecified atom stereocenters. The molecular formula is C24H23ClF3N5O3. The first-order valence-electron chi connectivity index (χ1n) is 11.3. The quantitative estimate of drug-likeness (QED) is 0.452. The molecule has 2 aliphatic rings. The average molecular weight is 522 g/mol. The van der Waals surface area contributed by atoms with Gasteiger partial charge in [0.2, 0.25) is 0 Å². The Morgan fingerprint density at radius 1 is 1.00 bits per heavy atom. The van der Waals surface area contributed by atoms with Crippen molar-refractivity contribution in [3.63, 3.8) is 0 Å². The molecule has 12 heteroatoms. The number of rotatable bonds is 5. The number of anilines is 2. The van der Waals surface area contributed by atoms with Crippen LogP contribution in [-0.4, -0.2) is 57.1 Å². The lowest BCUT2D eigenvalue weighted by Gasteiger charge is -2.33. The highest BCUT2D eigenvalue weighted by molar-refractivity contribution is 6.30. The molecule has 2 aromatic heterocycles. The Hall–Kier alpha value is -3.47. The molecule has 5 rings (SSSR count). The molecule has 1 aliphatic carbocycles. The van der Waals surface area contributed by atoms with Gasteiger partial charge in [-0.05, 0) is 56.0 Å². The third-order valence-corrected chi connectivity index (χ3v) is 6.15. The Labute approximate surface area is 209 Å². The number of nitrogens with zero attached hydrogens (tertiary/aromatic N) is 4. The Balaban J connectivity index is 0.000000384. The van der Waals surface area contributed by atoms with Crippen LogP contribution in [0.3, 0.4) is 0 Å². The van der Waals surface area contributed by atoms with E-state index in [1.54, 1.807) is 24.5 Å². The summed E-state index contributed by atoms with van der Waals surface area (Å²) in [6, 6.07) is 9.57. The normalized spacial score (nSPS) is 16.3. The number of carboxylic acid groups (broad SMARTS) is 1. The lowest BCUT2D eigenvalue weighted by Crippen LogP contribution is -2.37. The van der Waals surface area contributed by atoms with Crippen molar-refractivity contribution in [2.45, 2.75) is 37.9 Å². The average Bonchev–Trinajstić information content (AvgIpc) is 3.68. The van der Waals surface area contributed by atoms with Crippen LogP contribution in [0.2, 0.25) is 5.02 Å². The van der Waals surface area contributed by atoms with E-state index in [1.807, 2.05) is 18.2 Å². The minimum atomic E-state index is -5.08. The number of pyridine rings is 1. The molecule has 1 saturated carbocycles. The summed E-state index contributed by atoms with van der Waals surface area (Å²) in [4.78, 5) is 37.8. The SMILES string of the molecule is O=C(O)C(F)(F)F.O=C(c1ccc(Cl)cc1)C1CCN(c2nc3cnccc3nc2NC2CC2)CC1. The third kappa shape index (κ3) is 6.39. The number of hydrogen-bond donors (Lipinski definition) is 2. The summed E-state index contributed by atoms with van der Waals surface area (Å²) >= 11 is 5.94. The van der Waals surface area contributed by atoms with Gasteiger partial charge in [-0.2, -0.15) is 13.2 Å². The first-order chi connectivity index (χ1) is 17.1. The van der Waals surface area contributed by atoms with E-state index >= 15 is 0 Å². The molecule has 2 fully saturated rings. The third-order valence-electron chi connectivity index (χ3n) is 5.90. The topological polar surface area (TPSA) is 108 Å². The van der Waals surface area contributed by atoms with E-state index in [0.29, 0.717) is 11.1 Å². The smallest absolute Gasteiger partial charge is 0.475 e. The number of aliphatic carboxylic acids is 1. The number of benzene rings is 1. The minimum Gasteiger partial charge on any atom is -0.475 e. The largest absolute Gasteiger partial charge is 0.490 e. The molecular weight excluding hydrogens is 499 g/mol. The van der Waals surface area contributed by atoms with Crippen molar-refractivity contribution >= 4 is 46.0 Å². The second-order valence-electron chi connectivity index (χ2n) is 8.61. The Morgan fingerprint density at radius 2 is 1.64 bits per heavy atom. The Morgan fingerprint density at radius 3 is 2.22 bits per heavy atom. The summed E-state index contributed by atoms with van der Waals surface area (Å²) in [5, 5.41) is 11.3. The fourth-order valence-corrected chi connectivity index (χ4v) is 3.96. The molecule has 0 atom stereocenters. The fourth-order valence-electron chi connectivity index (χ4n) is 3.84. The number of carbonyl (C=O) groups is 2. The van der Waals surface area contributed by atoms with E-state index in [2.05, 4.69) is 15.2 Å². The van der Waals surface area contributed by atoms with Crippen LogP contribution < -0.4 is 10.2 Å². The second-order valence-corrected chi connectivity index (χ2v) is 9.05. The van der Waals surface area contributed by atoms with E-state index in [1.165, 1.54) is 12.8 Å². The number of carbonyl (C=O) groups excluding carboxylic acids is 1. The number of carboxylic acids is 1. The standard InChI is InChI=1S/C22H22ClN5O.C2HF3O2/c23-16-3-1-14(2-4-16)20(29)15-8-11-28(12-9-15)22-21(25-17-5-6-17)26-18-7-10-24-13-19(18)27-22;3-2(4,5)1(6)7/h1-4,7,10,13,15,17H,5-6,8-9,11-12H2,(H,25,26);(H,6,7). The van der Waals surface area contributed by atoms with Gasteiger partial charge in [0.05, 0.1) is 11.7 Å². The summed E-state index contributed by atoms with van der Waals surface area (Å²) in [5.41, 5.74) is 2.38. The monoisotopic (exact) mass is 521 g/mol. The zero-order chi connectivity index (χ0) is 25.9. The molecule has 190 valence electrons. The number of alkyl halides is 3. The van der Waals surface area contributed by atoms with E-state index in [9.17, 15) is 18.0 Å². The summed E-state index contributed by atoms with van der Waals surface area (Å²) in [7, 11) is 0. The van der Waals surface area contributed by atoms with Crippen LogP contribution in [0.5, 0.6) is 0 Å². The number of ketones is 1. The molecule has 36 heavy (non-hydrogen) atoms. The zero-order valence-electron chi connectivity index (χ0n) is 19.0. The highest BCUT2D eigenvalue weighted by Gasteiger charge is 2.38. The van der Waals surface area contributed by atoms with Crippen molar-refractivity contribution in [3.8, 4) is 0 Å². The molecule has 1 saturated heterocycles. The van der Waals surface area contributed by atoms with Crippen molar-refractivity contribution in [2.75, 3.05) is 23.3 Å². The maximum Gasteiger partial charge on any atom is 0.490 e. The lowest BCUT2D eigenvalue weighted by atomic mass is 9.89.